The first kappa shape index (κ1) is 14.7. The fourth-order valence-electron chi connectivity index (χ4n) is 2.97. The number of anilines is 1. The Morgan fingerprint density at radius 2 is 1.92 bits per heavy atom. The van der Waals surface area contributed by atoms with E-state index < -0.39 is 0 Å². The summed E-state index contributed by atoms with van der Waals surface area (Å²) in [6.45, 7) is 0. The van der Waals surface area contributed by atoms with Crippen LogP contribution < -0.4 is 11.1 Å². The number of nitrogens with zero attached hydrogens (tertiary/aromatic N) is 1. The first-order valence-corrected chi connectivity index (χ1v) is 7.87. The SMILES string of the molecule is NC1C[C@@H]1c1ccc(NC(=O)c2ccc(O)c3ncccc23)cc1. The Kier molecular flexibility index (Phi) is 3.43. The third-order valence-electron chi connectivity index (χ3n) is 4.43. The van der Waals surface area contributed by atoms with E-state index in [2.05, 4.69) is 10.3 Å². The summed E-state index contributed by atoms with van der Waals surface area (Å²) < 4.78 is 0. The number of pyridine rings is 1. The van der Waals surface area contributed by atoms with E-state index in [0.29, 0.717) is 22.4 Å². The lowest BCUT2D eigenvalue weighted by molar-refractivity contribution is 0.102. The molecule has 0 aliphatic heterocycles. The van der Waals surface area contributed by atoms with E-state index in [1.165, 1.54) is 11.6 Å². The minimum Gasteiger partial charge on any atom is -0.506 e. The van der Waals surface area contributed by atoms with Crippen molar-refractivity contribution in [1.82, 2.24) is 4.98 Å². The zero-order chi connectivity index (χ0) is 16.7. The Morgan fingerprint density at radius 3 is 2.62 bits per heavy atom. The molecular formula is C19H17N3O2. The number of aromatic nitrogens is 1. The van der Waals surface area contributed by atoms with Crippen molar-refractivity contribution >= 4 is 22.5 Å². The number of aromatic hydroxyl groups is 1. The van der Waals surface area contributed by atoms with Gasteiger partial charge < -0.3 is 16.2 Å². The molecule has 0 saturated heterocycles. The van der Waals surface area contributed by atoms with Gasteiger partial charge in [0, 0.05) is 34.8 Å². The number of phenolic OH excluding ortho intramolecular Hbond substituents is 1. The van der Waals surface area contributed by atoms with Crippen LogP contribution in [-0.4, -0.2) is 22.0 Å². The molecule has 0 bridgehead atoms. The molecule has 2 aromatic carbocycles. The second-order valence-electron chi connectivity index (χ2n) is 6.11. The highest BCUT2D eigenvalue weighted by Gasteiger charge is 2.34. The third kappa shape index (κ3) is 2.59. The molecule has 1 unspecified atom stereocenters. The minimum atomic E-state index is -0.233. The van der Waals surface area contributed by atoms with Gasteiger partial charge in [0.1, 0.15) is 11.3 Å². The van der Waals surface area contributed by atoms with Gasteiger partial charge in [-0.15, -0.1) is 0 Å². The summed E-state index contributed by atoms with van der Waals surface area (Å²) in [6, 6.07) is 14.7. The molecule has 1 amide bonds. The first-order chi connectivity index (χ1) is 11.6. The molecule has 3 aromatic rings. The Labute approximate surface area is 139 Å². The molecule has 1 aliphatic carbocycles. The number of fused-ring (bicyclic) bond motifs is 1. The average molecular weight is 319 g/mol. The molecule has 5 heteroatoms. The summed E-state index contributed by atoms with van der Waals surface area (Å²) in [4.78, 5) is 16.7. The molecule has 4 rings (SSSR count). The molecule has 5 nitrogen and oxygen atoms in total. The minimum absolute atomic E-state index is 0.0623. The molecule has 4 N–H and O–H groups in total. The van der Waals surface area contributed by atoms with Crippen molar-refractivity contribution in [2.24, 2.45) is 5.73 Å². The molecule has 1 aliphatic rings. The molecule has 120 valence electrons. The normalized spacial score (nSPS) is 19.2. The Morgan fingerprint density at radius 1 is 1.17 bits per heavy atom. The second kappa shape index (κ2) is 5.62. The van der Waals surface area contributed by atoms with Crippen LogP contribution in [0, 0.1) is 0 Å². The van der Waals surface area contributed by atoms with Gasteiger partial charge in [-0.25, -0.2) is 0 Å². The first-order valence-electron chi connectivity index (χ1n) is 7.87. The van der Waals surface area contributed by atoms with Gasteiger partial charge in [0.05, 0.1) is 0 Å². The highest BCUT2D eigenvalue weighted by molar-refractivity contribution is 6.13. The van der Waals surface area contributed by atoms with Crippen LogP contribution in [0.2, 0.25) is 0 Å². The van der Waals surface area contributed by atoms with Crippen molar-refractivity contribution in [3.05, 3.63) is 65.9 Å². The molecule has 0 radical (unpaired) electrons. The van der Waals surface area contributed by atoms with Crippen molar-refractivity contribution < 1.29 is 9.90 Å². The Balaban J connectivity index is 1.59. The van der Waals surface area contributed by atoms with Gasteiger partial charge in [0.25, 0.3) is 5.91 Å². The van der Waals surface area contributed by atoms with Crippen LogP contribution in [0.5, 0.6) is 5.75 Å². The number of nitrogens with one attached hydrogen (secondary N) is 1. The Bertz CT molecular complexity index is 922. The van der Waals surface area contributed by atoms with Gasteiger partial charge in [0.2, 0.25) is 0 Å². The van der Waals surface area contributed by atoms with Crippen molar-refractivity contribution in [3.8, 4) is 5.75 Å². The smallest absolute Gasteiger partial charge is 0.256 e. The maximum atomic E-state index is 12.6. The molecule has 24 heavy (non-hydrogen) atoms. The number of amides is 1. The fraction of sp³-hybridized carbons (Fsp3) is 0.158. The zero-order valence-corrected chi connectivity index (χ0v) is 12.9. The summed E-state index contributed by atoms with van der Waals surface area (Å²) >= 11 is 0. The second-order valence-corrected chi connectivity index (χ2v) is 6.11. The average Bonchev–Trinajstić information content (AvgIpc) is 3.33. The molecule has 1 fully saturated rings. The van der Waals surface area contributed by atoms with E-state index in [1.807, 2.05) is 24.3 Å². The van der Waals surface area contributed by atoms with Crippen LogP contribution in [0.4, 0.5) is 5.69 Å². The highest BCUT2D eigenvalue weighted by Crippen LogP contribution is 2.39. The number of hydrogen-bond acceptors (Lipinski definition) is 4. The maximum absolute atomic E-state index is 12.6. The van der Waals surface area contributed by atoms with Crippen molar-refractivity contribution in [3.63, 3.8) is 0 Å². The van der Waals surface area contributed by atoms with Crippen molar-refractivity contribution in [2.45, 2.75) is 18.4 Å². The lowest BCUT2D eigenvalue weighted by Crippen LogP contribution is -2.12. The number of rotatable bonds is 3. The monoisotopic (exact) mass is 319 g/mol. The molecule has 1 heterocycles. The van der Waals surface area contributed by atoms with Crippen LogP contribution >= 0.6 is 0 Å². The topological polar surface area (TPSA) is 88.2 Å². The quantitative estimate of drug-likeness (QED) is 0.692. The van der Waals surface area contributed by atoms with Gasteiger partial charge in [-0.05, 0) is 42.3 Å². The van der Waals surface area contributed by atoms with Crippen LogP contribution in [0.3, 0.4) is 0 Å². The predicted molar refractivity (Wildman–Crippen MR) is 93.1 cm³/mol. The number of benzene rings is 2. The molecule has 1 saturated carbocycles. The van der Waals surface area contributed by atoms with E-state index in [4.69, 9.17) is 5.73 Å². The number of nitrogens with two attached hydrogens (primary N) is 1. The third-order valence-corrected chi connectivity index (χ3v) is 4.43. The summed E-state index contributed by atoms with van der Waals surface area (Å²) in [5, 5.41) is 13.4. The highest BCUT2D eigenvalue weighted by atomic mass is 16.3. The van der Waals surface area contributed by atoms with E-state index in [9.17, 15) is 9.90 Å². The van der Waals surface area contributed by atoms with Crippen LogP contribution in [-0.2, 0) is 0 Å². The zero-order valence-electron chi connectivity index (χ0n) is 12.9. The van der Waals surface area contributed by atoms with E-state index >= 15 is 0 Å². The van der Waals surface area contributed by atoms with Gasteiger partial charge in [-0.2, -0.15) is 0 Å². The van der Waals surface area contributed by atoms with Gasteiger partial charge >= 0.3 is 0 Å². The fourth-order valence-corrected chi connectivity index (χ4v) is 2.97. The summed E-state index contributed by atoms with van der Waals surface area (Å²) in [6.07, 6.45) is 2.61. The number of carbonyl (C=O) groups excluding carboxylic acids is 1. The number of hydrogen-bond donors (Lipinski definition) is 3. The van der Waals surface area contributed by atoms with Crippen molar-refractivity contribution in [2.75, 3.05) is 5.32 Å². The lowest BCUT2D eigenvalue weighted by atomic mass is 10.1. The van der Waals surface area contributed by atoms with E-state index in [-0.39, 0.29) is 17.7 Å². The van der Waals surface area contributed by atoms with Gasteiger partial charge in [-0.3, -0.25) is 9.78 Å². The van der Waals surface area contributed by atoms with E-state index in [0.717, 1.165) is 12.1 Å². The summed E-state index contributed by atoms with van der Waals surface area (Å²) in [5.41, 5.74) is 8.69. The summed E-state index contributed by atoms with van der Waals surface area (Å²) in [5.74, 6) is 0.276. The largest absolute Gasteiger partial charge is 0.506 e. The molecule has 0 spiro atoms. The molecule has 2 atom stereocenters. The predicted octanol–water partition coefficient (Wildman–Crippen LogP) is 3.01. The molecule has 1 aromatic heterocycles. The Hall–Kier alpha value is -2.92. The standard InChI is InChI=1S/C19H17N3O2/c20-16-10-15(16)11-3-5-12(6-4-11)22-19(24)14-7-8-17(23)18-13(14)2-1-9-21-18/h1-9,15-16,23H,10,20H2,(H,22,24)/t15-,16?/m1/s1. The van der Waals surface area contributed by atoms with Crippen LogP contribution in [0.15, 0.2) is 54.7 Å². The molecular weight excluding hydrogens is 302 g/mol. The van der Waals surface area contributed by atoms with Gasteiger partial charge in [-0.1, -0.05) is 18.2 Å². The number of phenols is 1. The van der Waals surface area contributed by atoms with E-state index in [1.54, 1.807) is 24.4 Å². The maximum Gasteiger partial charge on any atom is 0.256 e. The van der Waals surface area contributed by atoms with Crippen LogP contribution in [0.1, 0.15) is 28.3 Å². The lowest BCUT2D eigenvalue weighted by Gasteiger charge is -2.09. The van der Waals surface area contributed by atoms with Gasteiger partial charge in [0.15, 0.2) is 0 Å². The van der Waals surface area contributed by atoms with Crippen LogP contribution in [0.25, 0.3) is 10.9 Å². The summed E-state index contributed by atoms with van der Waals surface area (Å²) in [7, 11) is 0. The number of carbonyl (C=O) groups is 1. The van der Waals surface area contributed by atoms with Crippen molar-refractivity contribution in [1.29, 1.82) is 0 Å².